The SMILES string of the molecule is O=C1NC(C(=O)Nc2ccc(Br)c(F)c2)CS1. The standard InChI is InChI=1S/C10H8BrFN2O2S/c11-6-2-1-5(3-7(6)12)13-9(15)8-4-17-10(16)14-8/h1-3,8H,4H2,(H,13,15)(H,14,16). The van der Waals surface area contributed by atoms with Crippen LogP contribution in [-0.4, -0.2) is 22.9 Å². The Bertz CT molecular complexity index is 483. The van der Waals surface area contributed by atoms with E-state index in [1.807, 2.05) is 0 Å². The van der Waals surface area contributed by atoms with E-state index in [0.29, 0.717) is 15.9 Å². The van der Waals surface area contributed by atoms with Crippen LogP contribution in [0.15, 0.2) is 22.7 Å². The van der Waals surface area contributed by atoms with Crippen LogP contribution in [0.3, 0.4) is 0 Å². The second kappa shape index (κ2) is 5.05. The van der Waals surface area contributed by atoms with Crippen LogP contribution < -0.4 is 10.6 Å². The minimum absolute atomic E-state index is 0.216. The number of amides is 2. The molecule has 0 aliphatic carbocycles. The average Bonchev–Trinajstić information content (AvgIpc) is 2.70. The number of carbonyl (C=O) groups is 2. The number of thioether (sulfide) groups is 1. The number of anilines is 1. The van der Waals surface area contributed by atoms with Gasteiger partial charge >= 0.3 is 0 Å². The van der Waals surface area contributed by atoms with Crippen LogP contribution in [0, 0.1) is 5.82 Å². The Morgan fingerprint density at radius 3 is 2.94 bits per heavy atom. The van der Waals surface area contributed by atoms with E-state index in [9.17, 15) is 14.0 Å². The van der Waals surface area contributed by atoms with Crippen LogP contribution in [0.1, 0.15) is 0 Å². The molecular formula is C10H8BrFN2O2S. The van der Waals surface area contributed by atoms with E-state index in [4.69, 9.17) is 0 Å². The molecular weight excluding hydrogens is 311 g/mol. The van der Waals surface area contributed by atoms with E-state index < -0.39 is 11.9 Å². The highest BCUT2D eigenvalue weighted by Gasteiger charge is 2.27. The molecule has 1 unspecified atom stereocenters. The predicted molar refractivity (Wildman–Crippen MR) is 67.5 cm³/mol. The van der Waals surface area contributed by atoms with Crippen molar-refractivity contribution in [2.45, 2.75) is 6.04 Å². The summed E-state index contributed by atoms with van der Waals surface area (Å²) < 4.78 is 13.5. The predicted octanol–water partition coefficient (Wildman–Crippen LogP) is 2.35. The first-order chi connectivity index (χ1) is 8.06. The number of nitrogens with one attached hydrogen (secondary N) is 2. The van der Waals surface area contributed by atoms with Gasteiger partial charge in [-0.3, -0.25) is 9.59 Å². The third-order valence-corrected chi connectivity index (χ3v) is 3.70. The molecule has 0 saturated carbocycles. The Morgan fingerprint density at radius 2 is 2.35 bits per heavy atom. The van der Waals surface area contributed by atoms with Gasteiger partial charge in [0.1, 0.15) is 11.9 Å². The minimum Gasteiger partial charge on any atom is -0.334 e. The summed E-state index contributed by atoms with van der Waals surface area (Å²) in [5.41, 5.74) is 0.363. The minimum atomic E-state index is -0.556. The summed E-state index contributed by atoms with van der Waals surface area (Å²) in [7, 11) is 0. The summed E-state index contributed by atoms with van der Waals surface area (Å²) >= 11 is 4.08. The zero-order chi connectivity index (χ0) is 12.4. The number of rotatable bonds is 2. The Hall–Kier alpha value is -1.08. The number of halogens is 2. The Labute approximate surface area is 109 Å². The fourth-order valence-corrected chi connectivity index (χ4v) is 2.35. The Morgan fingerprint density at radius 1 is 1.59 bits per heavy atom. The maximum atomic E-state index is 13.2. The van der Waals surface area contributed by atoms with E-state index in [0.717, 1.165) is 11.8 Å². The fraction of sp³-hybridized carbons (Fsp3) is 0.200. The van der Waals surface area contributed by atoms with Crippen LogP contribution in [0.5, 0.6) is 0 Å². The van der Waals surface area contributed by atoms with Crippen molar-refractivity contribution >= 4 is 44.5 Å². The van der Waals surface area contributed by atoms with Crippen LogP contribution in [-0.2, 0) is 4.79 Å². The molecule has 1 aromatic carbocycles. The molecule has 0 bridgehead atoms. The molecule has 2 rings (SSSR count). The van der Waals surface area contributed by atoms with E-state index in [2.05, 4.69) is 26.6 Å². The molecule has 2 amide bonds. The lowest BCUT2D eigenvalue weighted by molar-refractivity contribution is -0.117. The first kappa shape index (κ1) is 12.4. The van der Waals surface area contributed by atoms with Crippen molar-refractivity contribution < 1.29 is 14.0 Å². The molecule has 1 atom stereocenters. The molecule has 0 spiro atoms. The summed E-state index contributed by atoms with van der Waals surface area (Å²) in [6.45, 7) is 0. The number of hydrogen-bond acceptors (Lipinski definition) is 3. The maximum absolute atomic E-state index is 13.2. The van der Waals surface area contributed by atoms with Gasteiger partial charge in [0.2, 0.25) is 5.91 Å². The van der Waals surface area contributed by atoms with Gasteiger partial charge in [-0.15, -0.1) is 0 Å². The van der Waals surface area contributed by atoms with Gasteiger partial charge < -0.3 is 10.6 Å². The van der Waals surface area contributed by atoms with E-state index >= 15 is 0 Å². The normalized spacial score (nSPS) is 18.9. The third kappa shape index (κ3) is 2.98. The molecule has 7 heteroatoms. The van der Waals surface area contributed by atoms with Gasteiger partial charge in [-0.2, -0.15) is 0 Å². The Kier molecular flexibility index (Phi) is 3.68. The van der Waals surface area contributed by atoms with Gasteiger partial charge in [-0.1, -0.05) is 11.8 Å². The molecule has 1 aromatic rings. The van der Waals surface area contributed by atoms with Crippen molar-refractivity contribution in [2.24, 2.45) is 0 Å². The lowest BCUT2D eigenvalue weighted by Crippen LogP contribution is -2.38. The highest BCUT2D eigenvalue weighted by molar-refractivity contribution is 9.10. The van der Waals surface area contributed by atoms with Crippen molar-refractivity contribution in [3.8, 4) is 0 Å². The van der Waals surface area contributed by atoms with Gasteiger partial charge in [0.25, 0.3) is 5.24 Å². The Balaban J connectivity index is 2.03. The van der Waals surface area contributed by atoms with Crippen LogP contribution in [0.25, 0.3) is 0 Å². The summed E-state index contributed by atoms with van der Waals surface area (Å²) in [5.74, 6) is -0.401. The second-order valence-electron chi connectivity index (χ2n) is 3.41. The van der Waals surface area contributed by atoms with E-state index in [-0.39, 0.29) is 11.1 Å². The second-order valence-corrected chi connectivity index (χ2v) is 5.26. The molecule has 1 fully saturated rings. The molecule has 1 heterocycles. The lowest BCUT2D eigenvalue weighted by Gasteiger charge is -2.10. The molecule has 1 aliphatic heterocycles. The van der Waals surface area contributed by atoms with E-state index in [1.165, 1.54) is 12.1 Å². The van der Waals surface area contributed by atoms with Crippen LogP contribution in [0.4, 0.5) is 14.9 Å². The molecule has 1 aliphatic rings. The van der Waals surface area contributed by atoms with Gasteiger partial charge in [-0.25, -0.2) is 4.39 Å². The fourth-order valence-electron chi connectivity index (χ4n) is 1.33. The van der Waals surface area contributed by atoms with Crippen molar-refractivity contribution in [3.63, 3.8) is 0 Å². The van der Waals surface area contributed by atoms with Gasteiger partial charge in [0, 0.05) is 11.4 Å². The molecule has 90 valence electrons. The quantitative estimate of drug-likeness (QED) is 0.880. The molecule has 4 nitrogen and oxygen atoms in total. The van der Waals surface area contributed by atoms with Crippen molar-refractivity contribution in [1.82, 2.24) is 5.32 Å². The van der Waals surface area contributed by atoms with E-state index in [1.54, 1.807) is 6.07 Å². The topological polar surface area (TPSA) is 58.2 Å². The zero-order valence-corrected chi connectivity index (χ0v) is 10.9. The van der Waals surface area contributed by atoms with Crippen molar-refractivity contribution in [2.75, 3.05) is 11.1 Å². The highest BCUT2D eigenvalue weighted by atomic mass is 79.9. The third-order valence-electron chi connectivity index (χ3n) is 2.18. The molecule has 1 saturated heterocycles. The van der Waals surface area contributed by atoms with Crippen molar-refractivity contribution in [1.29, 1.82) is 0 Å². The zero-order valence-electron chi connectivity index (χ0n) is 8.50. The van der Waals surface area contributed by atoms with Crippen LogP contribution in [0.2, 0.25) is 0 Å². The number of carbonyl (C=O) groups excluding carboxylic acids is 2. The highest BCUT2D eigenvalue weighted by Crippen LogP contribution is 2.20. The molecule has 17 heavy (non-hydrogen) atoms. The molecule has 2 N–H and O–H groups in total. The largest absolute Gasteiger partial charge is 0.334 e. The molecule has 0 aromatic heterocycles. The van der Waals surface area contributed by atoms with Crippen LogP contribution >= 0.6 is 27.7 Å². The molecule has 0 radical (unpaired) electrons. The number of hydrogen-bond donors (Lipinski definition) is 2. The first-order valence-electron chi connectivity index (χ1n) is 4.75. The lowest BCUT2D eigenvalue weighted by atomic mass is 10.2. The monoisotopic (exact) mass is 318 g/mol. The summed E-state index contributed by atoms with van der Waals surface area (Å²) in [6, 6.07) is 3.74. The summed E-state index contributed by atoms with van der Waals surface area (Å²) in [5, 5.41) is 4.84. The number of benzene rings is 1. The maximum Gasteiger partial charge on any atom is 0.279 e. The average molecular weight is 319 g/mol. The van der Waals surface area contributed by atoms with Gasteiger partial charge in [-0.05, 0) is 34.1 Å². The van der Waals surface area contributed by atoms with Gasteiger partial charge in [0.05, 0.1) is 4.47 Å². The van der Waals surface area contributed by atoms with Gasteiger partial charge in [0.15, 0.2) is 0 Å². The summed E-state index contributed by atoms with van der Waals surface area (Å²) in [4.78, 5) is 22.6. The van der Waals surface area contributed by atoms with Crippen molar-refractivity contribution in [3.05, 3.63) is 28.5 Å². The smallest absolute Gasteiger partial charge is 0.279 e. The first-order valence-corrected chi connectivity index (χ1v) is 6.53. The summed E-state index contributed by atoms with van der Waals surface area (Å²) in [6.07, 6.45) is 0.